The molecule has 0 radical (unpaired) electrons. The number of amides is 1. The minimum atomic E-state index is -3.51. The summed E-state index contributed by atoms with van der Waals surface area (Å²) in [4.78, 5) is 14.5. The highest BCUT2D eigenvalue weighted by atomic mass is 32.2. The van der Waals surface area contributed by atoms with Crippen molar-refractivity contribution in [1.82, 2.24) is 14.6 Å². The number of carbonyl (C=O) groups is 1. The number of sulfonamides is 1. The average Bonchev–Trinajstić information content (AvgIpc) is 2.83. The van der Waals surface area contributed by atoms with Gasteiger partial charge in [0.25, 0.3) is 5.91 Å². The van der Waals surface area contributed by atoms with Crippen molar-refractivity contribution >= 4 is 22.1 Å². The first-order valence-corrected chi connectivity index (χ1v) is 13.2. The number of ether oxygens (including phenoxy) is 1. The van der Waals surface area contributed by atoms with Gasteiger partial charge < -0.3 is 4.74 Å². The van der Waals surface area contributed by atoms with Crippen molar-refractivity contribution in [2.75, 3.05) is 39.3 Å². The molecule has 0 spiro atoms. The van der Waals surface area contributed by atoms with Gasteiger partial charge in [0.2, 0.25) is 10.0 Å². The summed E-state index contributed by atoms with van der Waals surface area (Å²) < 4.78 is 32.8. The maximum absolute atomic E-state index is 12.8. The average molecular weight is 487 g/mol. The molecule has 1 aliphatic rings. The van der Waals surface area contributed by atoms with E-state index in [1.165, 1.54) is 4.31 Å². The van der Waals surface area contributed by atoms with Gasteiger partial charge in [-0.15, -0.1) is 0 Å². The maximum Gasteiger partial charge on any atom is 0.254 e. The predicted molar refractivity (Wildman–Crippen MR) is 134 cm³/mol. The fourth-order valence-electron chi connectivity index (χ4n) is 3.60. The highest BCUT2D eigenvalue weighted by Gasteiger charge is 2.28. The van der Waals surface area contributed by atoms with Crippen molar-refractivity contribution in [2.24, 2.45) is 5.10 Å². The predicted octanol–water partition coefficient (Wildman–Crippen LogP) is 3.02. The molecule has 2 aromatic carbocycles. The summed E-state index contributed by atoms with van der Waals surface area (Å²) in [5.74, 6) is 0.586. The van der Waals surface area contributed by atoms with Gasteiger partial charge in [0, 0.05) is 26.2 Å². The molecule has 1 N–H and O–H groups in total. The Kier molecular flexibility index (Phi) is 9.62. The van der Waals surface area contributed by atoms with E-state index in [-0.39, 0.29) is 12.5 Å². The molecule has 1 amide bonds. The second kappa shape index (κ2) is 12.6. The van der Waals surface area contributed by atoms with E-state index in [2.05, 4.69) is 17.5 Å². The molecule has 9 heteroatoms. The zero-order valence-corrected chi connectivity index (χ0v) is 20.8. The third kappa shape index (κ3) is 7.65. The van der Waals surface area contributed by atoms with Crippen LogP contribution in [0.5, 0.6) is 5.75 Å². The summed E-state index contributed by atoms with van der Waals surface area (Å²) in [6.07, 6.45) is 4.96. The van der Waals surface area contributed by atoms with E-state index in [1.54, 1.807) is 30.5 Å². The molecule has 184 valence electrons. The monoisotopic (exact) mass is 486 g/mol. The molecule has 2 aromatic rings. The highest BCUT2D eigenvalue weighted by molar-refractivity contribution is 7.89. The third-order valence-electron chi connectivity index (χ3n) is 5.66. The lowest BCUT2D eigenvalue weighted by atomic mass is 10.2. The van der Waals surface area contributed by atoms with E-state index in [0.29, 0.717) is 37.7 Å². The lowest BCUT2D eigenvalue weighted by Crippen LogP contribution is -2.50. The molecule has 1 aliphatic heterocycles. The van der Waals surface area contributed by atoms with Crippen LogP contribution in [0.3, 0.4) is 0 Å². The molecular weight excluding hydrogens is 452 g/mol. The van der Waals surface area contributed by atoms with Gasteiger partial charge in [0.1, 0.15) is 5.75 Å². The van der Waals surface area contributed by atoms with E-state index in [1.807, 2.05) is 36.1 Å². The second-order valence-electron chi connectivity index (χ2n) is 8.41. The highest BCUT2D eigenvalue weighted by Crippen LogP contribution is 2.18. The molecule has 0 atom stereocenters. The fraction of sp³-hybridized carbons (Fsp3) is 0.440. The largest absolute Gasteiger partial charge is 0.494 e. The molecule has 1 fully saturated rings. The van der Waals surface area contributed by atoms with Gasteiger partial charge >= 0.3 is 0 Å². The first-order valence-electron chi connectivity index (χ1n) is 11.7. The van der Waals surface area contributed by atoms with Crippen molar-refractivity contribution in [2.45, 2.75) is 38.0 Å². The van der Waals surface area contributed by atoms with E-state index >= 15 is 0 Å². The van der Waals surface area contributed by atoms with E-state index < -0.39 is 10.0 Å². The first kappa shape index (κ1) is 25.9. The summed E-state index contributed by atoms with van der Waals surface area (Å²) in [6, 6.07) is 14.4. The van der Waals surface area contributed by atoms with Crippen LogP contribution in [0.25, 0.3) is 0 Å². The summed E-state index contributed by atoms with van der Waals surface area (Å²) in [7, 11) is -3.51. The number of piperazine rings is 1. The number of aryl methyl sites for hydroxylation is 1. The number of unbranched alkanes of at least 4 members (excludes halogenated alkanes) is 2. The van der Waals surface area contributed by atoms with Crippen molar-refractivity contribution in [3.63, 3.8) is 0 Å². The maximum atomic E-state index is 12.8. The number of carbonyl (C=O) groups excluding carboxylic acids is 1. The Labute approximate surface area is 202 Å². The van der Waals surface area contributed by atoms with Gasteiger partial charge in [0.15, 0.2) is 0 Å². The molecule has 0 bridgehead atoms. The third-order valence-corrected chi connectivity index (χ3v) is 7.57. The number of hydrogen-bond acceptors (Lipinski definition) is 6. The normalized spacial score (nSPS) is 15.5. The van der Waals surface area contributed by atoms with Crippen LogP contribution in [-0.2, 0) is 14.8 Å². The molecule has 0 aromatic heterocycles. The van der Waals surface area contributed by atoms with E-state index in [4.69, 9.17) is 4.74 Å². The lowest BCUT2D eigenvalue weighted by molar-refractivity contribution is -0.122. The Morgan fingerprint density at radius 1 is 1.03 bits per heavy atom. The summed E-state index contributed by atoms with van der Waals surface area (Å²) in [5.41, 5.74) is 4.41. The van der Waals surface area contributed by atoms with Crippen LogP contribution in [0.2, 0.25) is 0 Å². The Morgan fingerprint density at radius 2 is 1.71 bits per heavy atom. The van der Waals surface area contributed by atoms with Gasteiger partial charge in [-0.05, 0) is 55.3 Å². The molecule has 0 saturated carbocycles. The quantitative estimate of drug-likeness (QED) is 0.300. The van der Waals surface area contributed by atoms with Crippen LogP contribution in [0.4, 0.5) is 0 Å². The van der Waals surface area contributed by atoms with Crippen molar-refractivity contribution in [3.05, 3.63) is 59.7 Å². The van der Waals surface area contributed by atoms with Crippen molar-refractivity contribution in [3.8, 4) is 5.75 Å². The van der Waals surface area contributed by atoms with Crippen LogP contribution in [0.1, 0.15) is 37.3 Å². The Morgan fingerprint density at radius 3 is 2.35 bits per heavy atom. The van der Waals surface area contributed by atoms with Crippen LogP contribution >= 0.6 is 0 Å². The molecule has 1 heterocycles. The topological polar surface area (TPSA) is 91.3 Å². The minimum absolute atomic E-state index is 0.167. The van der Waals surface area contributed by atoms with Crippen molar-refractivity contribution in [1.29, 1.82) is 0 Å². The van der Waals surface area contributed by atoms with Gasteiger partial charge in [-0.3, -0.25) is 9.69 Å². The van der Waals surface area contributed by atoms with Gasteiger partial charge in [-0.2, -0.15) is 9.41 Å². The van der Waals surface area contributed by atoms with Crippen LogP contribution in [-0.4, -0.2) is 69.1 Å². The zero-order valence-electron chi connectivity index (χ0n) is 19.9. The SMILES string of the molecule is CCCCCOc1ccc(/C=N/NC(=O)CN2CCN(S(=O)(=O)c3ccc(C)cc3)CC2)cc1. The zero-order chi connectivity index (χ0) is 24.4. The Bertz CT molecular complexity index is 1050. The van der Waals surface area contributed by atoms with Crippen LogP contribution < -0.4 is 10.2 Å². The molecule has 3 rings (SSSR count). The molecular formula is C25H34N4O4S. The first-order chi connectivity index (χ1) is 16.4. The fourth-order valence-corrected chi connectivity index (χ4v) is 5.02. The number of hydrazone groups is 1. The van der Waals surface area contributed by atoms with Crippen molar-refractivity contribution < 1.29 is 17.9 Å². The Balaban J connectivity index is 1.39. The number of hydrogen-bond donors (Lipinski definition) is 1. The number of nitrogens with one attached hydrogen (secondary N) is 1. The smallest absolute Gasteiger partial charge is 0.254 e. The number of rotatable bonds is 11. The number of nitrogens with zero attached hydrogens (tertiary/aromatic N) is 3. The van der Waals surface area contributed by atoms with E-state index in [9.17, 15) is 13.2 Å². The summed E-state index contributed by atoms with van der Waals surface area (Å²) in [6.45, 7) is 6.63. The second-order valence-corrected chi connectivity index (χ2v) is 10.3. The number of benzene rings is 2. The van der Waals surface area contributed by atoms with Crippen LogP contribution in [0, 0.1) is 6.92 Å². The van der Waals surface area contributed by atoms with Gasteiger partial charge in [0.05, 0.1) is 24.3 Å². The summed E-state index contributed by atoms with van der Waals surface area (Å²) >= 11 is 0. The van der Waals surface area contributed by atoms with Crippen LogP contribution in [0.15, 0.2) is 58.5 Å². The minimum Gasteiger partial charge on any atom is -0.494 e. The standard InChI is InChI=1S/C25H34N4O4S/c1-3-4-5-18-33-23-10-8-22(9-11-23)19-26-27-25(30)20-28-14-16-29(17-15-28)34(31,32)24-12-6-21(2)7-13-24/h6-13,19H,3-5,14-18,20H2,1-2H3,(H,27,30)/b26-19+. The van der Waals surface area contributed by atoms with Gasteiger partial charge in [-0.1, -0.05) is 37.5 Å². The molecule has 34 heavy (non-hydrogen) atoms. The Hall–Kier alpha value is -2.75. The molecule has 1 saturated heterocycles. The van der Waals surface area contributed by atoms with Gasteiger partial charge in [-0.25, -0.2) is 13.8 Å². The molecule has 0 aliphatic carbocycles. The lowest BCUT2D eigenvalue weighted by Gasteiger charge is -2.33. The molecule has 8 nitrogen and oxygen atoms in total. The summed E-state index contributed by atoms with van der Waals surface area (Å²) in [5, 5.41) is 4.03. The molecule has 0 unspecified atom stereocenters. The van der Waals surface area contributed by atoms with E-state index in [0.717, 1.165) is 36.1 Å².